The van der Waals surface area contributed by atoms with Crippen LogP contribution < -0.4 is 0 Å². The lowest BCUT2D eigenvalue weighted by atomic mass is 9.85. The number of carbonyl (C=O) groups excluding carboxylic acids is 1. The number of piperidine rings is 1. The molecule has 0 aromatic carbocycles. The number of urea groups is 1. The van der Waals surface area contributed by atoms with Gasteiger partial charge in [0.25, 0.3) is 0 Å². The predicted octanol–water partition coefficient (Wildman–Crippen LogP) is 2.76. The van der Waals surface area contributed by atoms with E-state index in [-0.39, 0.29) is 17.0 Å². The van der Waals surface area contributed by atoms with Crippen molar-refractivity contribution in [2.45, 2.75) is 76.4 Å². The van der Waals surface area contributed by atoms with E-state index in [4.69, 9.17) is 13.4 Å². The summed E-state index contributed by atoms with van der Waals surface area (Å²) >= 11 is 0. The van der Waals surface area contributed by atoms with Crippen LogP contribution in [0.5, 0.6) is 0 Å². The standard InChI is InChI=1S/C20H35N5O7SSi/c1-19(2,3)34(6,7)31-14(11-23(4)5)17-22-21-16(30-17)13-10-20(8-9-20)15-12-24(13)18(26)25(15)32-33(27,28)29/h13-15H,8-12H2,1-7H3,(H,27,28,29)/t13-,14-,15-/m0/s1. The van der Waals surface area contributed by atoms with Gasteiger partial charge in [0.2, 0.25) is 11.8 Å². The zero-order valence-electron chi connectivity index (χ0n) is 20.8. The van der Waals surface area contributed by atoms with Crippen molar-refractivity contribution in [3.63, 3.8) is 0 Å². The van der Waals surface area contributed by atoms with Gasteiger partial charge in [0.05, 0.1) is 6.04 Å². The average Bonchev–Trinajstić information content (AvgIpc) is 3.16. The Kier molecular flexibility index (Phi) is 6.18. The Morgan fingerprint density at radius 1 is 1.29 bits per heavy atom. The van der Waals surface area contributed by atoms with E-state index in [9.17, 15) is 13.2 Å². The first kappa shape index (κ1) is 25.5. The number of amides is 2. The van der Waals surface area contributed by atoms with Crippen molar-refractivity contribution in [2.75, 3.05) is 27.2 Å². The molecule has 3 atom stereocenters. The summed E-state index contributed by atoms with van der Waals surface area (Å²) in [5.41, 5.74) is -0.298. The molecule has 2 bridgehead atoms. The van der Waals surface area contributed by atoms with Crippen LogP contribution in [0.15, 0.2) is 4.42 Å². The van der Waals surface area contributed by atoms with E-state index in [0.717, 1.165) is 17.9 Å². The summed E-state index contributed by atoms with van der Waals surface area (Å²) in [5.74, 6) is 0.655. The van der Waals surface area contributed by atoms with Crippen LogP contribution in [0.25, 0.3) is 0 Å². The highest BCUT2D eigenvalue weighted by atomic mass is 32.3. The number of fused-ring (bicyclic) bond motifs is 3. The van der Waals surface area contributed by atoms with Crippen LogP contribution in [0.1, 0.15) is 64.0 Å². The Morgan fingerprint density at radius 3 is 2.47 bits per heavy atom. The van der Waals surface area contributed by atoms with E-state index in [1.165, 1.54) is 4.90 Å². The van der Waals surface area contributed by atoms with Crippen LogP contribution in [0.4, 0.5) is 4.79 Å². The molecule has 192 valence electrons. The molecule has 1 spiro atoms. The number of carbonyl (C=O) groups is 1. The molecule has 0 unspecified atom stereocenters. The number of aromatic nitrogens is 2. The van der Waals surface area contributed by atoms with Crippen LogP contribution in [-0.2, 0) is 19.1 Å². The minimum atomic E-state index is -4.82. The summed E-state index contributed by atoms with van der Waals surface area (Å²) < 4.78 is 49.2. The first-order valence-corrected chi connectivity index (χ1v) is 15.7. The molecule has 2 amide bonds. The molecule has 1 saturated carbocycles. The van der Waals surface area contributed by atoms with Gasteiger partial charge >= 0.3 is 16.4 Å². The van der Waals surface area contributed by atoms with Crippen molar-refractivity contribution in [1.29, 1.82) is 0 Å². The first-order chi connectivity index (χ1) is 15.5. The highest BCUT2D eigenvalue weighted by Crippen LogP contribution is 2.61. The average molecular weight is 518 g/mol. The molecule has 1 N–H and O–H groups in total. The van der Waals surface area contributed by atoms with E-state index < -0.39 is 42.9 Å². The van der Waals surface area contributed by atoms with Gasteiger partial charge in [-0.1, -0.05) is 20.8 Å². The second-order valence-corrected chi connectivity index (χ2v) is 17.2. The molecule has 14 heteroatoms. The van der Waals surface area contributed by atoms with Gasteiger partial charge in [-0.25, -0.2) is 4.79 Å². The zero-order chi connectivity index (χ0) is 25.3. The molecule has 2 saturated heterocycles. The number of likely N-dealkylation sites (N-methyl/N-ethyl adjacent to an activating group) is 1. The third-order valence-electron chi connectivity index (χ3n) is 7.63. The molecule has 1 aromatic rings. The number of nitrogens with zero attached hydrogens (tertiary/aromatic N) is 5. The maximum atomic E-state index is 13.0. The van der Waals surface area contributed by atoms with Gasteiger partial charge < -0.3 is 18.6 Å². The lowest BCUT2D eigenvalue weighted by Crippen LogP contribution is -2.43. The van der Waals surface area contributed by atoms with Crippen molar-refractivity contribution in [1.82, 2.24) is 25.1 Å². The van der Waals surface area contributed by atoms with Crippen LogP contribution in [-0.4, -0.2) is 85.6 Å². The normalized spacial score (nSPS) is 25.5. The van der Waals surface area contributed by atoms with Gasteiger partial charge in [-0.15, -0.1) is 14.5 Å². The van der Waals surface area contributed by atoms with Gasteiger partial charge in [-0.05, 0) is 56.9 Å². The van der Waals surface area contributed by atoms with Crippen LogP contribution in [0.2, 0.25) is 18.1 Å². The fourth-order valence-electron chi connectivity index (χ4n) is 4.58. The van der Waals surface area contributed by atoms with Crippen molar-refractivity contribution >= 4 is 24.7 Å². The highest BCUT2D eigenvalue weighted by Gasteiger charge is 2.65. The molecule has 12 nitrogen and oxygen atoms in total. The molecule has 4 rings (SSSR count). The maximum Gasteiger partial charge on any atom is 0.418 e. The Bertz CT molecular complexity index is 1050. The minimum Gasteiger partial charge on any atom is -0.420 e. The number of rotatable bonds is 8. The lowest BCUT2D eigenvalue weighted by Gasteiger charge is -2.39. The summed E-state index contributed by atoms with van der Waals surface area (Å²) in [6.07, 6.45) is 1.77. The Hall–Kier alpha value is -1.58. The SMILES string of the molecule is CN(C)C[C@H](O[Si](C)(C)C(C)(C)C)c1nnc([C@@H]2CC3(CC3)[C@@H]3CN2C(=O)N3OS(=O)(=O)O)o1. The molecule has 1 aliphatic carbocycles. The molecule has 1 aromatic heterocycles. The topological polar surface area (TPSA) is 139 Å². The van der Waals surface area contributed by atoms with E-state index >= 15 is 0 Å². The van der Waals surface area contributed by atoms with Crippen LogP contribution in [0, 0.1) is 5.41 Å². The molecular weight excluding hydrogens is 482 g/mol. The van der Waals surface area contributed by atoms with Gasteiger partial charge in [-0.3, -0.25) is 4.55 Å². The van der Waals surface area contributed by atoms with Crippen LogP contribution in [0.3, 0.4) is 0 Å². The summed E-state index contributed by atoms with van der Waals surface area (Å²) in [7, 11) is -3.07. The second-order valence-electron chi connectivity index (χ2n) is 11.5. The number of hydrogen-bond acceptors (Lipinski definition) is 9. The lowest BCUT2D eigenvalue weighted by molar-refractivity contribution is -0.0530. The smallest absolute Gasteiger partial charge is 0.418 e. The fourth-order valence-corrected chi connectivity index (χ4v) is 6.19. The first-order valence-electron chi connectivity index (χ1n) is 11.5. The molecule has 3 heterocycles. The van der Waals surface area contributed by atoms with E-state index in [1.807, 2.05) is 19.0 Å². The third-order valence-corrected chi connectivity index (χ3v) is 12.5. The minimum absolute atomic E-state index is 0.00434. The molecular formula is C20H35N5O7SSi. The Balaban J connectivity index is 1.60. The predicted molar refractivity (Wildman–Crippen MR) is 123 cm³/mol. The van der Waals surface area contributed by atoms with Crippen LogP contribution >= 0.6 is 0 Å². The number of hydrogen-bond donors (Lipinski definition) is 1. The molecule has 3 fully saturated rings. The van der Waals surface area contributed by atoms with Gasteiger partial charge in [0, 0.05) is 13.1 Å². The summed E-state index contributed by atoms with van der Waals surface area (Å²) in [6, 6.07) is -1.60. The van der Waals surface area contributed by atoms with Gasteiger partial charge in [-0.2, -0.15) is 13.5 Å². The molecule has 2 aliphatic heterocycles. The molecule has 34 heavy (non-hydrogen) atoms. The highest BCUT2D eigenvalue weighted by molar-refractivity contribution is 7.80. The van der Waals surface area contributed by atoms with Crippen molar-refractivity contribution in [2.24, 2.45) is 5.41 Å². The van der Waals surface area contributed by atoms with E-state index in [1.54, 1.807) is 0 Å². The maximum absolute atomic E-state index is 13.0. The Labute approximate surface area is 201 Å². The summed E-state index contributed by atoms with van der Waals surface area (Å²) in [4.78, 5) is 16.5. The van der Waals surface area contributed by atoms with Gasteiger partial charge in [0.15, 0.2) is 8.32 Å². The second kappa shape index (κ2) is 8.23. The van der Waals surface area contributed by atoms with Gasteiger partial charge in [0.1, 0.15) is 12.1 Å². The number of hydroxylamine groups is 2. The quantitative estimate of drug-likeness (QED) is 0.404. The summed E-state index contributed by atoms with van der Waals surface area (Å²) in [5, 5.41) is 9.37. The zero-order valence-corrected chi connectivity index (χ0v) is 22.6. The Morgan fingerprint density at radius 2 is 1.94 bits per heavy atom. The largest absolute Gasteiger partial charge is 0.420 e. The monoisotopic (exact) mass is 517 g/mol. The van der Waals surface area contributed by atoms with E-state index in [0.29, 0.717) is 24.7 Å². The fraction of sp³-hybridized carbons (Fsp3) is 0.850. The van der Waals surface area contributed by atoms with E-state index in [2.05, 4.69) is 48.3 Å². The molecule has 0 radical (unpaired) electrons. The van der Waals surface area contributed by atoms with Crippen molar-refractivity contribution in [3.8, 4) is 0 Å². The third kappa shape index (κ3) is 4.75. The summed E-state index contributed by atoms with van der Waals surface area (Å²) in [6.45, 7) is 11.6. The van der Waals surface area contributed by atoms with Crippen molar-refractivity contribution < 1.29 is 30.9 Å². The molecule has 3 aliphatic rings. The van der Waals surface area contributed by atoms with Crippen molar-refractivity contribution in [3.05, 3.63) is 11.8 Å².